The quantitative estimate of drug-likeness (QED) is 0.857. The minimum absolute atomic E-state index is 0.0520. The van der Waals surface area contributed by atoms with Crippen LogP contribution in [0.25, 0.3) is 0 Å². The predicted octanol–water partition coefficient (Wildman–Crippen LogP) is 1.96. The van der Waals surface area contributed by atoms with Crippen LogP contribution in [0.2, 0.25) is 0 Å². The van der Waals surface area contributed by atoms with Gasteiger partial charge < -0.3 is 10.6 Å². The van der Waals surface area contributed by atoms with Gasteiger partial charge in [0.05, 0.1) is 11.3 Å². The number of anilines is 1. The molecule has 2 N–H and O–H groups in total. The van der Waals surface area contributed by atoms with Crippen LogP contribution in [-0.2, 0) is 0 Å². The molecule has 1 amide bonds. The third-order valence-corrected chi connectivity index (χ3v) is 4.06. The number of nitrogen functional groups attached to an aromatic ring is 1. The number of hydrogen-bond acceptors (Lipinski definition) is 3. The standard InChI is InChI=1S/C15H22FN3O/c1-3-18(4-2)11-8-9-19(10-11)15(20)12-6-5-7-13(16)14(12)17/h5-7,11H,3-4,8-10,17H2,1-2H3. The summed E-state index contributed by atoms with van der Waals surface area (Å²) < 4.78 is 13.4. The Hall–Kier alpha value is -1.62. The van der Waals surface area contributed by atoms with Gasteiger partial charge in [0.2, 0.25) is 0 Å². The summed E-state index contributed by atoms with van der Waals surface area (Å²) in [5, 5.41) is 0. The van der Waals surface area contributed by atoms with E-state index in [-0.39, 0.29) is 17.2 Å². The van der Waals surface area contributed by atoms with Crippen molar-refractivity contribution in [2.24, 2.45) is 0 Å². The van der Waals surface area contributed by atoms with Gasteiger partial charge in [-0.05, 0) is 31.6 Å². The maximum Gasteiger partial charge on any atom is 0.256 e. The lowest BCUT2D eigenvalue weighted by atomic mass is 10.1. The Balaban J connectivity index is 2.10. The Kier molecular flexibility index (Phi) is 4.60. The normalized spacial score (nSPS) is 18.8. The van der Waals surface area contributed by atoms with E-state index in [1.54, 1.807) is 11.0 Å². The molecule has 1 aliphatic heterocycles. The van der Waals surface area contributed by atoms with Crippen molar-refractivity contribution in [2.45, 2.75) is 26.3 Å². The molecule has 0 bridgehead atoms. The fourth-order valence-corrected chi connectivity index (χ4v) is 2.86. The molecule has 110 valence electrons. The van der Waals surface area contributed by atoms with Crippen molar-refractivity contribution in [3.63, 3.8) is 0 Å². The van der Waals surface area contributed by atoms with Crippen LogP contribution in [-0.4, -0.2) is 47.9 Å². The lowest BCUT2D eigenvalue weighted by Crippen LogP contribution is -2.38. The van der Waals surface area contributed by atoms with Crippen LogP contribution < -0.4 is 5.73 Å². The molecule has 1 unspecified atom stereocenters. The van der Waals surface area contributed by atoms with Gasteiger partial charge >= 0.3 is 0 Å². The average molecular weight is 279 g/mol. The Labute approximate surface area is 119 Å². The number of hydrogen-bond donors (Lipinski definition) is 1. The topological polar surface area (TPSA) is 49.6 Å². The number of para-hydroxylation sites is 1. The maximum absolute atomic E-state index is 13.4. The summed E-state index contributed by atoms with van der Waals surface area (Å²) in [5.41, 5.74) is 5.88. The third-order valence-electron chi connectivity index (χ3n) is 4.06. The fourth-order valence-electron chi connectivity index (χ4n) is 2.86. The van der Waals surface area contributed by atoms with Crippen molar-refractivity contribution >= 4 is 11.6 Å². The van der Waals surface area contributed by atoms with Crippen LogP contribution >= 0.6 is 0 Å². The number of nitrogens with two attached hydrogens (primary N) is 1. The second-order valence-corrected chi connectivity index (χ2v) is 5.12. The maximum atomic E-state index is 13.4. The van der Waals surface area contributed by atoms with Gasteiger partial charge in [-0.25, -0.2) is 4.39 Å². The molecule has 0 radical (unpaired) electrons. The number of rotatable bonds is 4. The highest BCUT2D eigenvalue weighted by Crippen LogP contribution is 2.22. The molecule has 0 aliphatic carbocycles. The van der Waals surface area contributed by atoms with E-state index in [0.717, 1.165) is 19.5 Å². The first-order chi connectivity index (χ1) is 9.58. The lowest BCUT2D eigenvalue weighted by molar-refractivity contribution is 0.0778. The fraction of sp³-hybridized carbons (Fsp3) is 0.533. The van der Waals surface area contributed by atoms with Gasteiger partial charge in [-0.1, -0.05) is 19.9 Å². The van der Waals surface area contributed by atoms with Gasteiger partial charge in [-0.3, -0.25) is 9.69 Å². The molecule has 0 spiro atoms. The molecule has 5 heteroatoms. The number of carbonyl (C=O) groups is 1. The van der Waals surface area contributed by atoms with Crippen LogP contribution in [0.15, 0.2) is 18.2 Å². The Morgan fingerprint density at radius 3 is 2.80 bits per heavy atom. The smallest absolute Gasteiger partial charge is 0.256 e. The van der Waals surface area contributed by atoms with E-state index in [0.29, 0.717) is 19.1 Å². The zero-order valence-corrected chi connectivity index (χ0v) is 12.1. The molecule has 1 aromatic carbocycles. The highest BCUT2D eigenvalue weighted by atomic mass is 19.1. The zero-order valence-electron chi connectivity index (χ0n) is 12.1. The molecule has 0 aromatic heterocycles. The summed E-state index contributed by atoms with van der Waals surface area (Å²) in [6.45, 7) is 7.60. The first-order valence-corrected chi connectivity index (χ1v) is 7.15. The summed E-state index contributed by atoms with van der Waals surface area (Å²) in [7, 11) is 0. The van der Waals surface area contributed by atoms with Crippen LogP contribution in [0.1, 0.15) is 30.6 Å². The lowest BCUT2D eigenvalue weighted by Gasteiger charge is -2.26. The highest BCUT2D eigenvalue weighted by molar-refractivity contribution is 5.99. The molecule has 1 heterocycles. The molecule has 0 saturated carbocycles. The van der Waals surface area contributed by atoms with Crippen LogP contribution in [0.5, 0.6) is 0 Å². The van der Waals surface area contributed by atoms with Gasteiger partial charge in [0.25, 0.3) is 5.91 Å². The number of benzene rings is 1. The van der Waals surface area contributed by atoms with Gasteiger partial charge in [-0.2, -0.15) is 0 Å². The second-order valence-electron chi connectivity index (χ2n) is 5.12. The molecule has 20 heavy (non-hydrogen) atoms. The zero-order chi connectivity index (χ0) is 14.7. The van der Waals surface area contributed by atoms with E-state index in [1.807, 2.05) is 0 Å². The van der Waals surface area contributed by atoms with Gasteiger partial charge in [0, 0.05) is 19.1 Å². The molecule has 1 aromatic rings. The number of carbonyl (C=O) groups excluding carboxylic acids is 1. The van der Waals surface area contributed by atoms with Crippen LogP contribution in [0, 0.1) is 5.82 Å². The minimum Gasteiger partial charge on any atom is -0.396 e. The number of amides is 1. The largest absolute Gasteiger partial charge is 0.396 e. The summed E-state index contributed by atoms with van der Waals surface area (Å²) in [5.74, 6) is -0.702. The molecule has 1 saturated heterocycles. The van der Waals surface area contributed by atoms with E-state index in [2.05, 4.69) is 18.7 Å². The molecule has 1 fully saturated rings. The predicted molar refractivity (Wildman–Crippen MR) is 78.0 cm³/mol. The van der Waals surface area contributed by atoms with E-state index >= 15 is 0 Å². The third kappa shape index (κ3) is 2.77. The van der Waals surface area contributed by atoms with Gasteiger partial charge in [0.1, 0.15) is 5.82 Å². The highest BCUT2D eigenvalue weighted by Gasteiger charge is 2.30. The van der Waals surface area contributed by atoms with Crippen molar-refractivity contribution in [3.8, 4) is 0 Å². The number of nitrogens with zero attached hydrogens (tertiary/aromatic N) is 2. The summed E-state index contributed by atoms with van der Waals surface area (Å²) in [4.78, 5) is 16.5. The van der Waals surface area contributed by atoms with Crippen molar-refractivity contribution in [3.05, 3.63) is 29.6 Å². The molecule has 2 rings (SSSR count). The Morgan fingerprint density at radius 1 is 1.45 bits per heavy atom. The molecular formula is C15H22FN3O. The van der Waals surface area contributed by atoms with E-state index in [9.17, 15) is 9.18 Å². The second kappa shape index (κ2) is 6.22. The molecule has 1 atom stereocenters. The first kappa shape index (κ1) is 14.8. The van der Waals surface area contributed by atoms with Crippen molar-refractivity contribution in [2.75, 3.05) is 31.9 Å². The number of likely N-dealkylation sites (N-methyl/N-ethyl adjacent to an activating group) is 1. The van der Waals surface area contributed by atoms with E-state index < -0.39 is 5.82 Å². The van der Waals surface area contributed by atoms with Crippen molar-refractivity contribution in [1.82, 2.24) is 9.80 Å². The van der Waals surface area contributed by atoms with Crippen LogP contribution in [0.3, 0.4) is 0 Å². The van der Waals surface area contributed by atoms with Gasteiger partial charge in [0.15, 0.2) is 0 Å². The molecule has 4 nitrogen and oxygen atoms in total. The average Bonchev–Trinajstić information content (AvgIpc) is 2.92. The van der Waals surface area contributed by atoms with Gasteiger partial charge in [-0.15, -0.1) is 0 Å². The summed E-state index contributed by atoms with van der Waals surface area (Å²) in [6.07, 6.45) is 0.961. The molecular weight excluding hydrogens is 257 g/mol. The first-order valence-electron chi connectivity index (χ1n) is 7.15. The summed E-state index contributed by atoms with van der Waals surface area (Å²) >= 11 is 0. The van der Waals surface area contributed by atoms with E-state index in [1.165, 1.54) is 12.1 Å². The SMILES string of the molecule is CCN(CC)C1CCN(C(=O)c2cccc(F)c2N)C1. The summed E-state index contributed by atoms with van der Waals surface area (Å²) in [6, 6.07) is 4.78. The Bertz CT molecular complexity index is 488. The van der Waals surface area contributed by atoms with Crippen molar-refractivity contribution in [1.29, 1.82) is 0 Å². The Morgan fingerprint density at radius 2 is 2.15 bits per heavy atom. The molecule has 1 aliphatic rings. The van der Waals surface area contributed by atoms with Crippen LogP contribution in [0.4, 0.5) is 10.1 Å². The number of halogens is 1. The number of likely N-dealkylation sites (tertiary alicyclic amines) is 1. The monoisotopic (exact) mass is 279 g/mol. The van der Waals surface area contributed by atoms with Crippen molar-refractivity contribution < 1.29 is 9.18 Å². The van der Waals surface area contributed by atoms with E-state index in [4.69, 9.17) is 5.73 Å². The minimum atomic E-state index is -0.532.